The van der Waals surface area contributed by atoms with Crippen molar-refractivity contribution < 1.29 is 4.79 Å². The number of nitrogens with one attached hydrogen (secondary N) is 1. The number of benzene rings is 1. The van der Waals surface area contributed by atoms with Crippen LogP contribution in [0.25, 0.3) is 5.65 Å². The zero-order chi connectivity index (χ0) is 29.6. The lowest BCUT2D eigenvalue weighted by atomic mass is 9.77. The second-order valence-corrected chi connectivity index (χ2v) is 12.4. The van der Waals surface area contributed by atoms with Gasteiger partial charge < -0.3 is 24.6 Å². The molecule has 6 heterocycles. The second kappa shape index (κ2) is 10.7. The maximum absolute atomic E-state index is 13.3. The fourth-order valence-electron chi connectivity index (χ4n) is 7.38. The van der Waals surface area contributed by atoms with Gasteiger partial charge in [-0.25, -0.2) is 9.78 Å². The number of aromatic nitrogens is 5. The predicted molar refractivity (Wildman–Crippen MR) is 166 cm³/mol. The Bertz CT molecular complexity index is 1690. The Morgan fingerprint density at radius 2 is 1.74 bits per heavy atom. The number of hydrogen-bond acceptors (Lipinski definition) is 7. The smallest absolute Gasteiger partial charge is 0.318 e. The van der Waals surface area contributed by atoms with E-state index in [0.717, 1.165) is 74.7 Å². The fourth-order valence-corrected chi connectivity index (χ4v) is 7.38. The van der Waals surface area contributed by atoms with E-state index in [9.17, 15) is 9.59 Å². The van der Waals surface area contributed by atoms with E-state index in [1.165, 1.54) is 5.56 Å². The summed E-state index contributed by atoms with van der Waals surface area (Å²) in [6.07, 6.45) is 9.06. The topological polar surface area (TPSA) is 104 Å². The summed E-state index contributed by atoms with van der Waals surface area (Å²) < 4.78 is 3.67. The molecule has 0 radical (unpaired) electrons. The van der Waals surface area contributed by atoms with Gasteiger partial charge >= 0.3 is 6.03 Å². The Labute approximate surface area is 251 Å². The van der Waals surface area contributed by atoms with Crippen molar-refractivity contribution in [1.82, 2.24) is 34.4 Å². The van der Waals surface area contributed by atoms with E-state index in [1.807, 2.05) is 22.4 Å². The number of hydrogen-bond donors (Lipinski definition) is 1. The van der Waals surface area contributed by atoms with Gasteiger partial charge in [0.2, 0.25) is 5.65 Å². The third-order valence-electron chi connectivity index (χ3n) is 10.1. The largest absolute Gasteiger partial charge is 0.370 e. The first-order valence-electron chi connectivity index (χ1n) is 15.4. The number of carbonyl (C=O) groups excluding carboxylic acids is 1. The van der Waals surface area contributed by atoms with E-state index in [-0.39, 0.29) is 22.5 Å². The number of urea groups is 1. The molecule has 1 N–H and O–H groups in total. The average Bonchev–Trinajstić information content (AvgIpc) is 3.76. The fraction of sp³-hybridized carbons (Fsp3) is 0.469. The number of carbonyl (C=O) groups is 1. The number of pyridine rings is 1. The molecule has 11 heteroatoms. The lowest BCUT2D eigenvalue weighted by Gasteiger charge is -2.39. The number of rotatable bonds is 7. The predicted octanol–water partition coefficient (Wildman–Crippen LogP) is 3.22. The van der Waals surface area contributed by atoms with E-state index < -0.39 is 0 Å². The van der Waals surface area contributed by atoms with Crippen molar-refractivity contribution in [3.63, 3.8) is 0 Å². The van der Waals surface area contributed by atoms with E-state index >= 15 is 0 Å². The molecule has 1 atom stereocenters. The van der Waals surface area contributed by atoms with Crippen LogP contribution in [0.2, 0.25) is 0 Å². The molecule has 0 saturated carbocycles. The van der Waals surface area contributed by atoms with Crippen molar-refractivity contribution in [2.45, 2.75) is 57.0 Å². The van der Waals surface area contributed by atoms with Crippen molar-refractivity contribution >= 4 is 23.2 Å². The summed E-state index contributed by atoms with van der Waals surface area (Å²) in [5, 5.41) is 11.5. The Hall–Kier alpha value is -4.41. The number of anilines is 2. The third-order valence-corrected chi connectivity index (χ3v) is 10.1. The average molecular weight is 582 g/mol. The molecule has 4 aromatic rings. The first-order valence-corrected chi connectivity index (χ1v) is 15.4. The molecule has 3 saturated heterocycles. The Morgan fingerprint density at radius 1 is 0.953 bits per heavy atom. The van der Waals surface area contributed by atoms with E-state index in [0.29, 0.717) is 19.6 Å². The van der Waals surface area contributed by atoms with E-state index in [1.54, 1.807) is 23.2 Å². The first kappa shape index (κ1) is 27.4. The highest BCUT2D eigenvalue weighted by Gasteiger charge is 2.44. The second-order valence-electron chi connectivity index (χ2n) is 12.4. The molecule has 3 aliphatic heterocycles. The number of amides is 2. The molecule has 0 aliphatic carbocycles. The number of fused-ring (bicyclic) bond motifs is 1. The molecule has 11 nitrogen and oxygen atoms in total. The molecule has 3 aromatic heterocycles. The number of aryl methyl sites for hydroxylation is 1. The zero-order valence-corrected chi connectivity index (χ0v) is 24.9. The summed E-state index contributed by atoms with van der Waals surface area (Å²) in [6, 6.07) is 14.6. The van der Waals surface area contributed by atoms with Gasteiger partial charge in [0.25, 0.3) is 5.56 Å². The van der Waals surface area contributed by atoms with E-state index in [2.05, 4.69) is 73.6 Å². The van der Waals surface area contributed by atoms with Crippen LogP contribution in [0, 0.1) is 6.92 Å². The lowest BCUT2D eigenvalue weighted by Crippen LogP contribution is -2.52. The summed E-state index contributed by atoms with van der Waals surface area (Å²) >= 11 is 0. The van der Waals surface area contributed by atoms with Crippen molar-refractivity contribution in [3.05, 3.63) is 82.8 Å². The molecule has 1 spiro atoms. The van der Waals surface area contributed by atoms with Gasteiger partial charge in [0.05, 0.1) is 5.54 Å². The van der Waals surface area contributed by atoms with Crippen molar-refractivity contribution in [3.8, 4) is 0 Å². The van der Waals surface area contributed by atoms with Crippen LogP contribution < -0.4 is 20.7 Å². The molecule has 7 rings (SSSR count). The molecular formula is C32H39N9O2. The van der Waals surface area contributed by atoms with Crippen LogP contribution in [0.1, 0.15) is 43.9 Å². The number of nitrogens with zero attached hydrogens (tertiary/aromatic N) is 8. The van der Waals surface area contributed by atoms with Crippen molar-refractivity contribution in [2.75, 3.05) is 49.1 Å². The molecule has 3 fully saturated rings. The zero-order valence-electron chi connectivity index (χ0n) is 24.9. The molecule has 224 valence electrons. The molecule has 43 heavy (non-hydrogen) atoms. The van der Waals surface area contributed by atoms with Gasteiger partial charge in [-0.1, -0.05) is 37.3 Å². The van der Waals surface area contributed by atoms with Crippen LogP contribution in [-0.4, -0.2) is 79.9 Å². The molecule has 2 amide bonds. The maximum atomic E-state index is 13.3. The minimum Gasteiger partial charge on any atom is -0.370 e. The van der Waals surface area contributed by atoms with E-state index in [4.69, 9.17) is 0 Å². The highest BCUT2D eigenvalue weighted by atomic mass is 16.2. The first-order chi connectivity index (χ1) is 20.9. The van der Waals surface area contributed by atoms with Gasteiger partial charge in [0.1, 0.15) is 6.33 Å². The van der Waals surface area contributed by atoms with Crippen LogP contribution in [0.15, 0.2) is 66.0 Å². The van der Waals surface area contributed by atoms with Gasteiger partial charge in [-0.15, -0.1) is 10.2 Å². The van der Waals surface area contributed by atoms with Crippen LogP contribution in [0.3, 0.4) is 0 Å². The minimum atomic E-state index is -0.267. The minimum absolute atomic E-state index is 0.0125. The monoisotopic (exact) mass is 581 g/mol. The van der Waals surface area contributed by atoms with Crippen molar-refractivity contribution in [1.29, 1.82) is 0 Å². The third kappa shape index (κ3) is 4.90. The Balaban J connectivity index is 0.988. The van der Waals surface area contributed by atoms with Crippen molar-refractivity contribution in [2.24, 2.45) is 0 Å². The lowest BCUT2D eigenvalue weighted by molar-refractivity contribution is 0.215. The van der Waals surface area contributed by atoms with Gasteiger partial charge in [-0.05, 0) is 44.2 Å². The van der Waals surface area contributed by atoms with Crippen LogP contribution in [0.4, 0.5) is 16.3 Å². The molecular weight excluding hydrogens is 542 g/mol. The Morgan fingerprint density at radius 3 is 2.51 bits per heavy atom. The normalized spacial score (nSPS) is 21.7. The van der Waals surface area contributed by atoms with Crippen LogP contribution >= 0.6 is 0 Å². The summed E-state index contributed by atoms with van der Waals surface area (Å²) in [7, 11) is 0. The highest BCUT2D eigenvalue weighted by Crippen LogP contribution is 2.39. The van der Waals surface area contributed by atoms with Gasteiger partial charge in [-0.3, -0.25) is 9.20 Å². The highest BCUT2D eigenvalue weighted by molar-refractivity contribution is 5.78. The van der Waals surface area contributed by atoms with Crippen LogP contribution in [0.5, 0.6) is 0 Å². The summed E-state index contributed by atoms with van der Waals surface area (Å²) in [4.78, 5) is 37.4. The molecule has 0 unspecified atom stereocenters. The molecule has 1 aromatic carbocycles. The SMILES string of the molecule is CC[C@@]1(c2ccccc2)CCN(c2cc(C)n(CCN3CC4(CCN(c5nccn6cnnc56)CC4)NC3=O)c(=O)c2)C1. The quantitative estimate of drug-likeness (QED) is 0.358. The number of piperidine rings is 1. The maximum Gasteiger partial charge on any atom is 0.318 e. The van der Waals surface area contributed by atoms with Crippen LogP contribution in [-0.2, 0) is 12.0 Å². The standard InChI is InChI=1S/C32H39N9O2/c1-3-31(25-7-5-4-6-8-25)9-13-38(21-31)26-19-24(2)41(27(42)20-26)18-17-39-22-32(35-30(39)43)10-14-37(15-11-32)28-29-36-34-23-40(29)16-12-33-28/h4-8,12,16,19-20,23H,3,9-11,13-15,17-18,21-22H2,1-2H3,(H,35,43)/t31-/m1/s1. The summed E-state index contributed by atoms with van der Waals surface area (Å²) in [5.74, 6) is 0.823. The summed E-state index contributed by atoms with van der Waals surface area (Å²) in [6.45, 7) is 9.26. The Kier molecular flexibility index (Phi) is 6.82. The van der Waals surface area contributed by atoms with Gasteiger partial charge in [-0.2, -0.15) is 0 Å². The molecule has 0 bridgehead atoms. The molecule has 3 aliphatic rings. The van der Waals surface area contributed by atoms with Gasteiger partial charge in [0.15, 0.2) is 5.82 Å². The summed E-state index contributed by atoms with van der Waals surface area (Å²) in [5.41, 5.74) is 3.87. The van der Waals surface area contributed by atoms with Gasteiger partial charge in [0, 0.05) is 81.1 Å².